The Kier molecular flexibility index (Phi) is 5.72. The van der Waals surface area contributed by atoms with Gasteiger partial charge in [0.2, 0.25) is 0 Å². The van der Waals surface area contributed by atoms with Crippen LogP contribution in [-0.4, -0.2) is 58.7 Å². The molecule has 3 aromatic rings. The van der Waals surface area contributed by atoms with Crippen molar-refractivity contribution in [2.24, 2.45) is 0 Å². The number of pyridine rings is 1. The van der Waals surface area contributed by atoms with Crippen molar-refractivity contribution in [1.82, 2.24) is 9.88 Å². The Morgan fingerprint density at radius 1 is 0.879 bits per heavy atom. The van der Waals surface area contributed by atoms with Gasteiger partial charge in [-0.3, -0.25) is 4.90 Å². The summed E-state index contributed by atoms with van der Waals surface area (Å²) in [5.41, 5.74) is 1.21. The molecular formula is C24H25N3O4S2. The molecule has 1 saturated heterocycles. The van der Waals surface area contributed by atoms with Gasteiger partial charge in [0.1, 0.15) is 11.1 Å². The molecule has 1 unspecified atom stereocenters. The van der Waals surface area contributed by atoms with E-state index in [0.717, 1.165) is 37.6 Å². The molecule has 1 atom stereocenters. The zero-order valence-corrected chi connectivity index (χ0v) is 19.7. The van der Waals surface area contributed by atoms with Crippen molar-refractivity contribution >= 4 is 25.5 Å². The largest absolute Gasteiger partial charge is 0.354 e. The highest BCUT2D eigenvalue weighted by Gasteiger charge is 2.44. The van der Waals surface area contributed by atoms with E-state index in [1.807, 2.05) is 24.3 Å². The number of fused-ring (bicyclic) bond motifs is 1. The highest BCUT2D eigenvalue weighted by Crippen LogP contribution is 2.43. The summed E-state index contributed by atoms with van der Waals surface area (Å²) in [4.78, 5) is 9.18. The first kappa shape index (κ1) is 22.1. The lowest BCUT2D eigenvalue weighted by Crippen LogP contribution is -2.46. The first-order valence-corrected chi connectivity index (χ1v) is 14.1. The molecule has 9 heteroatoms. The standard InChI is InChI=1S/C24H25N3O4S2/c28-32(29)18-22(33(30,31)20-8-2-1-3-9-20)24-19(7-6-10-21(24)32)17-26-13-15-27(16-14-26)23-11-4-5-12-25-23/h1-12,22H,13-18H2. The molecule has 3 heterocycles. The minimum absolute atomic E-state index is 0.150. The number of anilines is 1. The van der Waals surface area contributed by atoms with Crippen LogP contribution in [0, 0.1) is 0 Å². The van der Waals surface area contributed by atoms with Crippen LogP contribution >= 0.6 is 0 Å². The van der Waals surface area contributed by atoms with Gasteiger partial charge in [-0.1, -0.05) is 36.4 Å². The molecule has 0 aliphatic carbocycles. The van der Waals surface area contributed by atoms with Crippen LogP contribution in [0.15, 0.2) is 82.7 Å². The highest BCUT2D eigenvalue weighted by molar-refractivity contribution is 7.96. The lowest BCUT2D eigenvalue weighted by Gasteiger charge is -2.35. The Morgan fingerprint density at radius 2 is 1.61 bits per heavy atom. The third-order valence-electron chi connectivity index (χ3n) is 6.37. The summed E-state index contributed by atoms with van der Waals surface area (Å²) in [6.07, 6.45) is 1.78. The van der Waals surface area contributed by atoms with Crippen LogP contribution in [0.4, 0.5) is 5.82 Å². The minimum Gasteiger partial charge on any atom is -0.354 e. The summed E-state index contributed by atoms with van der Waals surface area (Å²) >= 11 is 0. The smallest absolute Gasteiger partial charge is 0.186 e. The van der Waals surface area contributed by atoms with Crippen molar-refractivity contribution in [3.63, 3.8) is 0 Å². The van der Waals surface area contributed by atoms with Gasteiger partial charge >= 0.3 is 0 Å². The van der Waals surface area contributed by atoms with E-state index in [2.05, 4.69) is 14.8 Å². The molecular weight excluding hydrogens is 458 g/mol. The van der Waals surface area contributed by atoms with Gasteiger partial charge in [0.05, 0.1) is 15.5 Å². The summed E-state index contributed by atoms with van der Waals surface area (Å²) in [5.74, 6) is 0.530. The molecule has 2 aliphatic rings. The van der Waals surface area contributed by atoms with Crippen LogP contribution in [0.5, 0.6) is 0 Å². The van der Waals surface area contributed by atoms with Crippen LogP contribution in [0.2, 0.25) is 0 Å². The highest BCUT2D eigenvalue weighted by atomic mass is 32.2. The lowest BCUT2D eigenvalue weighted by molar-refractivity contribution is 0.248. The fourth-order valence-electron chi connectivity index (χ4n) is 4.67. The van der Waals surface area contributed by atoms with E-state index in [0.29, 0.717) is 12.1 Å². The Labute approximate surface area is 194 Å². The summed E-state index contributed by atoms with van der Waals surface area (Å²) in [7, 11) is -7.51. The maximum atomic E-state index is 13.4. The third-order valence-corrected chi connectivity index (χ3v) is 10.5. The van der Waals surface area contributed by atoms with Gasteiger partial charge in [-0.2, -0.15) is 0 Å². The Balaban J connectivity index is 1.43. The molecule has 0 bridgehead atoms. The molecule has 0 spiro atoms. The van der Waals surface area contributed by atoms with E-state index in [-0.39, 0.29) is 9.79 Å². The van der Waals surface area contributed by atoms with Crippen molar-refractivity contribution in [2.45, 2.75) is 21.6 Å². The summed E-state index contributed by atoms with van der Waals surface area (Å²) < 4.78 is 52.7. The zero-order valence-electron chi connectivity index (χ0n) is 18.0. The van der Waals surface area contributed by atoms with Crippen molar-refractivity contribution in [3.8, 4) is 0 Å². The van der Waals surface area contributed by atoms with Gasteiger partial charge in [-0.05, 0) is 41.5 Å². The van der Waals surface area contributed by atoms with Crippen LogP contribution < -0.4 is 4.90 Å². The SMILES string of the molecule is O=S1(=O)CC(S(=O)(=O)c2ccccc2)c2c(CN3CCN(c4ccccn4)CC3)cccc21. The van der Waals surface area contributed by atoms with Gasteiger partial charge in [0.15, 0.2) is 19.7 Å². The van der Waals surface area contributed by atoms with Gasteiger partial charge in [-0.15, -0.1) is 0 Å². The van der Waals surface area contributed by atoms with E-state index in [1.54, 1.807) is 30.5 Å². The number of rotatable bonds is 5. The van der Waals surface area contributed by atoms with Crippen molar-refractivity contribution in [3.05, 3.63) is 84.1 Å². The Hall–Kier alpha value is -2.75. The van der Waals surface area contributed by atoms with E-state index < -0.39 is 30.7 Å². The molecule has 0 saturated carbocycles. The van der Waals surface area contributed by atoms with Gasteiger partial charge in [-0.25, -0.2) is 21.8 Å². The second-order valence-electron chi connectivity index (χ2n) is 8.41. The first-order valence-electron chi connectivity index (χ1n) is 10.9. The topological polar surface area (TPSA) is 87.6 Å². The number of nitrogens with zero attached hydrogens (tertiary/aromatic N) is 3. The predicted molar refractivity (Wildman–Crippen MR) is 127 cm³/mol. The zero-order chi connectivity index (χ0) is 23.1. The summed E-state index contributed by atoms with van der Waals surface area (Å²) in [6.45, 7) is 3.67. The number of hydrogen-bond donors (Lipinski definition) is 0. The van der Waals surface area contributed by atoms with E-state index in [9.17, 15) is 16.8 Å². The van der Waals surface area contributed by atoms with Gasteiger partial charge in [0.25, 0.3) is 0 Å². The summed E-state index contributed by atoms with van der Waals surface area (Å²) in [6, 6.07) is 19.1. The van der Waals surface area contributed by atoms with E-state index >= 15 is 0 Å². The van der Waals surface area contributed by atoms with Crippen LogP contribution in [0.25, 0.3) is 0 Å². The molecule has 172 valence electrons. The normalized spacial score (nSPS) is 20.5. The van der Waals surface area contributed by atoms with Gasteiger partial charge < -0.3 is 4.90 Å². The average Bonchev–Trinajstić information content (AvgIpc) is 3.13. The molecule has 2 aliphatic heterocycles. The van der Waals surface area contributed by atoms with E-state index in [1.165, 1.54) is 18.2 Å². The molecule has 2 aromatic carbocycles. The monoisotopic (exact) mass is 483 g/mol. The Bertz CT molecular complexity index is 1350. The molecule has 5 rings (SSSR count). The maximum absolute atomic E-state index is 13.4. The second kappa shape index (κ2) is 8.55. The van der Waals surface area contributed by atoms with Crippen LogP contribution in [-0.2, 0) is 26.2 Å². The molecule has 0 radical (unpaired) electrons. The fraction of sp³-hybridized carbons (Fsp3) is 0.292. The molecule has 0 amide bonds. The van der Waals surface area contributed by atoms with Crippen molar-refractivity contribution in [2.75, 3.05) is 36.8 Å². The predicted octanol–water partition coefficient (Wildman–Crippen LogP) is 2.71. The number of hydrogen-bond acceptors (Lipinski definition) is 7. The minimum atomic E-state index is -3.85. The van der Waals surface area contributed by atoms with Gasteiger partial charge in [0, 0.05) is 38.9 Å². The quantitative estimate of drug-likeness (QED) is 0.551. The molecule has 1 aromatic heterocycles. The Morgan fingerprint density at radius 3 is 2.30 bits per heavy atom. The number of sulfone groups is 2. The molecule has 0 N–H and O–H groups in total. The van der Waals surface area contributed by atoms with Crippen LogP contribution in [0.3, 0.4) is 0 Å². The van der Waals surface area contributed by atoms with E-state index in [4.69, 9.17) is 0 Å². The second-order valence-corrected chi connectivity index (χ2v) is 12.5. The number of aromatic nitrogens is 1. The van der Waals surface area contributed by atoms with Crippen molar-refractivity contribution in [1.29, 1.82) is 0 Å². The van der Waals surface area contributed by atoms with Crippen molar-refractivity contribution < 1.29 is 16.8 Å². The molecule has 33 heavy (non-hydrogen) atoms. The maximum Gasteiger partial charge on any atom is 0.186 e. The first-order chi connectivity index (χ1) is 15.9. The number of benzene rings is 2. The number of piperazine rings is 1. The fourth-order valence-corrected chi connectivity index (χ4v) is 9.09. The lowest BCUT2D eigenvalue weighted by atomic mass is 10.0. The molecule has 1 fully saturated rings. The molecule has 7 nitrogen and oxygen atoms in total. The summed E-state index contributed by atoms with van der Waals surface area (Å²) in [5, 5.41) is -1.09. The third kappa shape index (κ3) is 4.16. The average molecular weight is 484 g/mol. The van der Waals surface area contributed by atoms with Crippen LogP contribution in [0.1, 0.15) is 16.4 Å².